The summed E-state index contributed by atoms with van der Waals surface area (Å²) in [6, 6.07) is 0. The van der Waals surface area contributed by atoms with Gasteiger partial charge in [-0.1, -0.05) is 0 Å². The number of amides is 1. The zero-order chi connectivity index (χ0) is 14.0. The van der Waals surface area contributed by atoms with E-state index in [1.165, 1.54) is 4.90 Å². The van der Waals surface area contributed by atoms with Gasteiger partial charge in [-0.3, -0.25) is 9.59 Å². The highest BCUT2D eigenvalue weighted by atomic mass is 16.5. The van der Waals surface area contributed by atoms with Crippen molar-refractivity contribution in [3.05, 3.63) is 0 Å². The van der Waals surface area contributed by atoms with Crippen molar-refractivity contribution in [1.29, 1.82) is 0 Å². The molecule has 106 valence electrons. The van der Waals surface area contributed by atoms with Crippen LogP contribution in [0.1, 0.15) is 19.8 Å². The summed E-state index contributed by atoms with van der Waals surface area (Å²) < 4.78 is 5.15. The summed E-state index contributed by atoms with van der Waals surface area (Å²) in [4.78, 5) is 25.8. The second-order valence-electron chi connectivity index (χ2n) is 4.31. The van der Waals surface area contributed by atoms with Crippen LogP contribution in [0.25, 0.3) is 0 Å². The van der Waals surface area contributed by atoms with E-state index >= 15 is 0 Å². The van der Waals surface area contributed by atoms with E-state index in [-0.39, 0.29) is 12.5 Å². The Morgan fingerprint density at radius 2 is 1.89 bits per heavy atom. The molecule has 0 bridgehead atoms. The smallest absolute Gasteiger partial charge is 0.323 e. The fourth-order valence-corrected chi connectivity index (χ4v) is 1.40. The van der Waals surface area contributed by atoms with Gasteiger partial charge in [-0.25, -0.2) is 0 Å². The van der Waals surface area contributed by atoms with Crippen molar-refractivity contribution >= 4 is 11.9 Å². The fourth-order valence-electron chi connectivity index (χ4n) is 1.40. The van der Waals surface area contributed by atoms with E-state index in [0.717, 1.165) is 0 Å². The third-order valence-electron chi connectivity index (χ3n) is 2.38. The van der Waals surface area contributed by atoms with Gasteiger partial charge >= 0.3 is 5.97 Å². The Morgan fingerprint density at radius 1 is 1.22 bits per heavy atom. The van der Waals surface area contributed by atoms with Crippen molar-refractivity contribution in [2.75, 3.05) is 46.9 Å². The molecule has 0 unspecified atom stereocenters. The number of nitrogens with zero attached hydrogens (tertiary/aromatic N) is 2. The number of carbonyl (C=O) groups excluding carboxylic acids is 1. The Hall–Kier alpha value is -1.14. The van der Waals surface area contributed by atoms with Crippen LogP contribution in [-0.4, -0.2) is 73.7 Å². The summed E-state index contributed by atoms with van der Waals surface area (Å²) in [6.07, 6.45) is 0.964. The third-order valence-corrected chi connectivity index (χ3v) is 2.38. The van der Waals surface area contributed by atoms with Gasteiger partial charge in [-0.2, -0.15) is 0 Å². The van der Waals surface area contributed by atoms with Crippen LogP contribution in [0.4, 0.5) is 0 Å². The maximum Gasteiger partial charge on any atom is 0.323 e. The largest absolute Gasteiger partial charge is 0.480 e. The topological polar surface area (TPSA) is 70.1 Å². The molecule has 0 fully saturated rings. The van der Waals surface area contributed by atoms with Gasteiger partial charge in [-0.05, 0) is 27.4 Å². The van der Waals surface area contributed by atoms with Crippen molar-refractivity contribution in [1.82, 2.24) is 9.80 Å². The van der Waals surface area contributed by atoms with E-state index in [0.29, 0.717) is 39.1 Å². The second kappa shape index (κ2) is 9.85. The molecular formula is C12H24N2O4. The van der Waals surface area contributed by atoms with Gasteiger partial charge in [0.25, 0.3) is 0 Å². The van der Waals surface area contributed by atoms with Crippen LogP contribution in [0, 0.1) is 0 Å². The first-order valence-corrected chi connectivity index (χ1v) is 6.19. The molecule has 0 atom stereocenters. The van der Waals surface area contributed by atoms with Crippen molar-refractivity contribution in [3.63, 3.8) is 0 Å². The maximum atomic E-state index is 11.8. The average Bonchev–Trinajstić information content (AvgIpc) is 2.29. The van der Waals surface area contributed by atoms with Crippen LogP contribution in [0.2, 0.25) is 0 Å². The summed E-state index contributed by atoms with van der Waals surface area (Å²) in [7, 11) is 3.77. The van der Waals surface area contributed by atoms with Crippen LogP contribution in [0.3, 0.4) is 0 Å². The highest BCUT2D eigenvalue weighted by Gasteiger charge is 2.16. The van der Waals surface area contributed by atoms with Crippen molar-refractivity contribution in [2.45, 2.75) is 19.8 Å². The molecular weight excluding hydrogens is 236 g/mol. The minimum absolute atomic E-state index is 0.126. The molecule has 0 saturated heterocycles. The van der Waals surface area contributed by atoms with Crippen molar-refractivity contribution in [2.24, 2.45) is 0 Å². The molecule has 0 rings (SSSR count). The van der Waals surface area contributed by atoms with E-state index in [2.05, 4.69) is 0 Å². The van der Waals surface area contributed by atoms with Gasteiger partial charge in [0.05, 0.1) is 0 Å². The molecule has 0 aliphatic heterocycles. The molecule has 18 heavy (non-hydrogen) atoms. The Labute approximate surface area is 109 Å². The van der Waals surface area contributed by atoms with E-state index in [9.17, 15) is 9.59 Å². The molecule has 0 aromatic heterocycles. The first-order chi connectivity index (χ1) is 8.47. The van der Waals surface area contributed by atoms with Gasteiger partial charge in [0.1, 0.15) is 6.54 Å². The lowest BCUT2D eigenvalue weighted by Gasteiger charge is -2.22. The van der Waals surface area contributed by atoms with E-state index in [1.54, 1.807) is 0 Å². The van der Waals surface area contributed by atoms with Gasteiger partial charge in [0, 0.05) is 32.7 Å². The van der Waals surface area contributed by atoms with E-state index in [1.807, 2.05) is 25.9 Å². The van der Waals surface area contributed by atoms with Crippen LogP contribution in [-0.2, 0) is 14.3 Å². The lowest BCUT2D eigenvalue weighted by atomic mass is 10.2. The summed E-state index contributed by atoms with van der Waals surface area (Å²) in [5, 5.41) is 8.78. The number of carboxylic acids is 1. The third kappa shape index (κ3) is 8.95. The van der Waals surface area contributed by atoms with Crippen LogP contribution < -0.4 is 0 Å². The number of hydrogen-bond acceptors (Lipinski definition) is 4. The van der Waals surface area contributed by atoms with E-state index in [4.69, 9.17) is 9.84 Å². The minimum atomic E-state index is -0.980. The molecule has 0 aromatic rings. The second-order valence-corrected chi connectivity index (χ2v) is 4.31. The Balaban J connectivity index is 4.09. The Bertz CT molecular complexity index is 256. The molecule has 0 radical (unpaired) electrons. The van der Waals surface area contributed by atoms with Crippen LogP contribution >= 0.6 is 0 Å². The molecule has 0 saturated carbocycles. The lowest BCUT2D eigenvalue weighted by Crippen LogP contribution is -2.40. The van der Waals surface area contributed by atoms with Gasteiger partial charge in [0.2, 0.25) is 5.91 Å². The zero-order valence-electron chi connectivity index (χ0n) is 11.5. The molecule has 0 aliphatic carbocycles. The number of ether oxygens (including phenoxy) is 1. The standard InChI is InChI=1S/C12H24N2O4/c1-4-18-9-5-6-11(15)14(10-12(16)17)8-7-13(2)3/h4-10H2,1-3H3,(H,16,17). The maximum absolute atomic E-state index is 11.8. The van der Waals surface area contributed by atoms with Gasteiger partial charge < -0.3 is 19.6 Å². The van der Waals surface area contributed by atoms with Crippen molar-refractivity contribution < 1.29 is 19.4 Å². The molecule has 0 aliphatic rings. The normalized spacial score (nSPS) is 10.7. The summed E-state index contributed by atoms with van der Waals surface area (Å²) in [5.41, 5.74) is 0. The molecule has 0 heterocycles. The average molecular weight is 260 g/mol. The Morgan fingerprint density at radius 3 is 2.39 bits per heavy atom. The molecule has 1 amide bonds. The SMILES string of the molecule is CCOCCCC(=O)N(CCN(C)C)CC(=O)O. The number of carbonyl (C=O) groups is 2. The van der Waals surface area contributed by atoms with E-state index < -0.39 is 5.97 Å². The molecule has 6 nitrogen and oxygen atoms in total. The monoisotopic (exact) mass is 260 g/mol. The van der Waals surface area contributed by atoms with Gasteiger partial charge in [-0.15, -0.1) is 0 Å². The zero-order valence-corrected chi connectivity index (χ0v) is 11.5. The van der Waals surface area contributed by atoms with Crippen LogP contribution in [0.5, 0.6) is 0 Å². The first-order valence-electron chi connectivity index (χ1n) is 6.19. The quantitative estimate of drug-likeness (QED) is 0.571. The summed E-state index contributed by atoms with van der Waals surface area (Å²) in [6.45, 7) is 3.93. The Kier molecular flexibility index (Phi) is 9.22. The number of carboxylic acid groups (broad SMARTS) is 1. The number of aliphatic carboxylic acids is 1. The predicted octanol–water partition coefficient (Wildman–Crippen LogP) is 0.278. The first kappa shape index (κ1) is 16.9. The van der Waals surface area contributed by atoms with Crippen LogP contribution in [0.15, 0.2) is 0 Å². The highest BCUT2D eigenvalue weighted by Crippen LogP contribution is 1.99. The highest BCUT2D eigenvalue weighted by molar-refractivity contribution is 5.81. The summed E-state index contributed by atoms with van der Waals surface area (Å²) >= 11 is 0. The number of rotatable bonds is 10. The molecule has 0 aromatic carbocycles. The fraction of sp³-hybridized carbons (Fsp3) is 0.833. The predicted molar refractivity (Wildman–Crippen MR) is 68.5 cm³/mol. The van der Waals surface area contributed by atoms with Crippen molar-refractivity contribution in [3.8, 4) is 0 Å². The summed E-state index contributed by atoms with van der Waals surface area (Å²) in [5.74, 6) is -1.11. The number of hydrogen-bond donors (Lipinski definition) is 1. The number of likely N-dealkylation sites (N-methyl/N-ethyl adjacent to an activating group) is 1. The molecule has 0 spiro atoms. The molecule has 1 N–H and O–H groups in total. The minimum Gasteiger partial charge on any atom is -0.480 e. The molecule has 6 heteroatoms. The van der Waals surface area contributed by atoms with Gasteiger partial charge in [0.15, 0.2) is 0 Å². The lowest BCUT2D eigenvalue weighted by molar-refractivity contribution is -0.144.